The van der Waals surface area contributed by atoms with Crippen molar-refractivity contribution in [1.82, 2.24) is 15.1 Å². The van der Waals surface area contributed by atoms with Crippen LogP contribution in [0.1, 0.15) is 17.1 Å². The van der Waals surface area contributed by atoms with Crippen molar-refractivity contribution in [3.63, 3.8) is 0 Å². The molecule has 2 aromatic rings. The molecular formula is C18H24FN3O2S. The highest BCUT2D eigenvalue weighted by molar-refractivity contribution is 7.09. The Morgan fingerprint density at radius 2 is 2.36 bits per heavy atom. The molecule has 7 heteroatoms. The molecule has 1 saturated heterocycles. The number of thiophene rings is 1. The SMILES string of the molecule is CN(CC(=O)NCc1ccco1)C[C@@H]1C[C@H](F)CN1Cc1cccs1. The van der Waals surface area contributed by atoms with Crippen molar-refractivity contribution in [3.8, 4) is 0 Å². The highest BCUT2D eigenvalue weighted by atomic mass is 32.1. The van der Waals surface area contributed by atoms with Crippen molar-refractivity contribution < 1.29 is 13.6 Å². The number of rotatable bonds is 8. The molecule has 5 nitrogen and oxygen atoms in total. The minimum Gasteiger partial charge on any atom is -0.467 e. The van der Waals surface area contributed by atoms with Gasteiger partial charge >= 0.3 is 0 Å². The summed E-state index contributed by atoms with van der Waals surface area (Å²) in [6, 6.07) is 7.86. The van der Waals surface area contributed by atoms with E-state index >= 15 is 0 Å². The summed E-state index contributed by atoms with van der Waals surface area (Å²) in [5, 5.41) is 4.88. The monoisotopic (exact) mass is 365 g/mol. The Bertz CT molecular complexity index is 647. The Morgan fingerprint density at radius 1 is 1.48 bits per heavy atom. The quantitative estimate of drug-likeness (QED) is 0.781. The molecule has 0 spiro atoms. The third-order valence-corrected chi connectivity index (χ3v) is 5.25. The van der Waals surface area contributed by atoms with E-state index in [4.69, 9.17) is 4.42 Å². The lowest BCUT2D eigenvalue weighted by atomic mass is 10.2. The fraction of sp³-hybridized carbons (Fsp3) is 0.500. The normalized spacial score (nSPS) is 21.1. The minimum atomic E-state index is -0.786. The number of nitrogens with zero attached hydrogens (tertiary/aromatic N) is 2. The summed E-state index contributed by atoms with van der Waals surface area (Å²) in [5.74, 6) is 0.674. The largest absolute Gasteiger partial charge is 0.467 e. The van der Waals surface area contributed by atoms with Gasteiger partial charge in [0.2, 0.25) is 5.91 Å². The van der Waals surface area contributed by atoms with Gasteiger partial charge < -0.3 is 9.73 Å². The van der Waals surface area contributed by atoms with E-state index in [0.29, 0.717) is 32.6 Å². The molecule has 3 rings (SSSR count). The van der Waals surface area contributed by atoms with Crippen LogP contribution in [0.4, 0.5) is 4.39 Å². The van der Waals surface area contributed by atoms with Crippen molar-refractivity contribution in [2.45, 2.75) is 31.7 Å². The number of hydrogen-bond donors (Lipinski definition) is 1. The van der Waals surface area contributed by atoms with Crippen LogP contribution < -0.4 is 5.32 Å². The highest BCUT2D eigenvalue weighted by Gasteiger charge is 2.33. The topological polar surface area (TPSA) is 48.7 Å². The maximum atomic E-state index is 13.9. The maximum absolute atomic E-state index is 13.9. The molecule has 1 N–H and O–H groups in total. The van der Waals surface area contributed by atoms with Gasteiger partial charge in [0.1, 0.15) is 11.9 Å². The lowest BCUT2D eigenvalue weighted by Crippen LogP contribution is -2.42. The molecule has 1 fully saturated rings. The molecule has 2 aromatic heterocycles. The van der Waals surface area contributed by atoms with Crippen molar-refractivity contribution in [3.05, 3.63) is 46.5 Å². The molecule has 0 bridgehead atoms. The smallest absolute Gasteiger partial charge is 0.234 e. The fourth-order valence-corrected chi connectivity index (χ4v) is 3.96. The fourth-order valence-electron chi connectivity index (χ4n) is 3.23. The van der Waals surface area contributed by atoms with Gasteiger partial charge in [-0.3, -0.25) is 14.6 Å². The van der Waals surface area contributed by atoms with Crippen LogP contribution in [0.25, 0.3) is 0 Å². The van der Waals surface area contributed by atoms with E-state index in [0.717, 1.165) is 12.3 Å². The Balaban J connectivity index is 1.45. The van der Waals surface area contributed by atoms with Crippen LogP contribution in [0, 0.1) is 0 Å². The van der Waals surface area contributed by atoms with Gasteiger partial charge in [0.25, 0.3) is 0 Å². The summed E-state index contributed by atoms with van der Waals surface area (Å²) in [4.78, 5) is 17.4. The highest BCUT2D eigenvalue weighted by Crippen LogP contribution is 2.24. The van der Waals surface area contributed by atoms with Gasteiger partial charge in [0.05, 0.1) is 19.4 Å². The average molecular weight is 365 g/mol. The summed E-state index contributed by atoms with van der Waals surface area (Å²) in [6.07, 6.45) is 1.33. The van der Waals surface area contributed by atoms with Crippen LogP contribution in [-0.4, -0.2) is 54.6 Å². The van der Waals surface area contributed by atoms with E-state index in [9.17, 15) is 9.18 Å². The Kier molecular flexibility index (Phi) is 6.23. The van der Waals surface area contributed by atoms with Crippen molar-refractivity contribution in [2.24, 2.45) is 0 Å². The number of amides is 1. The van der Waals surface area contributed by atoms with Gasteiger partial charge in [0.15, 0.2) is 0 Å². The number of likely N-dealkylation sites (N-methyl/N-ethyl adjacent to an activating group) is 1. The number of furan rings is 1. The Morgan fingerprint density at radius 3 is 3.08 bits per heavy atom. The lowest BCUT2D eigenvalue weighted by Gasteiger charge is -2.27. The van der Waals surface area contributed by atoms with Crippen LogP contribution in [-0.2, 0) is 17.9 Å². The first kappa shape index (κ1) is 18.1. The predicted octanol–water partition coefficient (Wildman–Crippen LogP) is 2.50. The molecule has 1 aliphatic rings. The summed E-state index contributed by atoms with van der Waals surface area (Å²) >= 11 is 1.70. The van der Waals surface area contributed by atoms with E-state index in [2.05, 4.69) is 16.3 Å². The molecule has 0 radical (unpaired) electrons. The first-order valence-electron chi connectivity index (χ1n) is 8.48. The molecule has 0 aromatic carbocycles. The predicted molar refractivity (Wildman–Crippen MR) is 96.1 cm³/mol. The number of alkyl halides is 1. The molecular weight excluding hydrogens is 341 g/mol. The molecule has 25 heavy (non-hydrogen) atoms. The summed E-state index contributed by atoms with van der Waals surface area (Å²) in [5.41, 5.74) is 0. The minimum absolute atomic E-state index is 0.0569. The van der Waals surface area contributed by atoms with E-state index in [1.807, 2.05) is 29.5 Å². The van der Waals surface area contributed by atoms with Gasteiger partial charge in [-0.2, -0.15) is 0 Å². The van der Waals surface area contributed by atoms with Crippen LogP contribution in [0.5, 0.6) is 0 Å². The number of likely N-dealkylation sites (tertiary alicyclic amines) is 1. The van der Waals surface area contributed by atoms with E-state index in [1.54, 1.807) is 23.7 Å². The number of nitrogens with one attached hydrogen (secondary N) is 1. The summed E-state index contributed by atoms with van der Waals surface area (Å²) < 4.78 is 19.1. The molecule has 0 unspecified atom stereocenters. The molecule has 1 amide bonds. The molecule has 0 saturated carbocycles. The second-order valence-corrected chi connectivity index (χ2v) is 7.58. The zero-order valence-corrected chi connectivity index (χ0v) is 15.2. The van der Waals surface area contributed by atoms with Crippen LogP contribution in [0.2, 0.25) is 0 Å². The third-order valence-electron chi connectivity index (χ3n) is 4.39. The molecule has 1 aliphatic heterocycles. The second-order valence-electron chi connectivity index (χ2n) is 6.55. The third kappa shape index (κ3) is 5.39. The van der Waals surface area contributed by atoms with Crippen LogP contribution in [0.15, 0.2) is 40.3 Å². The Hall–Kier alpha value is -1.70. The van der Waals surface area contributed by atoms with Gasteiger partial charge in [-0.05, 0) is 37.0 Å². The molecule has 2 atom stereocenters. The van der Waals surface area contributed by atoms with Gasteiger partial charge in [-0.1, -0.05) is 6.07 Å². The van der Waals surface area contributed by atoms with Gasteiger partial charge in [-0.25, -0.2) is 4.39 Å². The number of carbonyl (C=O) groups excluding carboxylic acids is 1. The molecule has 136 valence electrons. The number of halogens is 1. The maximum Gasteiger partial charge on any atom is 0.234 e. The van der Waals surface area contributed by atoms with E-state index in [-0.39, 0.29) is 11.9 Å². The number of carbonyl (C=O) groups is 1. The van der Waals surface area contributed by atoms with Crippen LogP contribution >= 0.6 is 11.3 Å². The molecule has 3 heterocycles. The first-order valence-corrected chi connectivity index (χ1v) is 9.36. The van der Waals surface area contributed by atoms with E-state index in [1.165, 1.54) is 4.88 Å². The molecule has 0 aliphatic carbocycles. The average Bonchev–Trinajstić information content (AvgIpc) is 3.29. The zero-order valence-electron chi connectivity index (χ0n) is 14.4. The summed E-state index contributed by atoms with van der Waals surface area (Å²) in [7, 11) is 1.90. The number of hydrogen-bond acceptors (Lipinski definition) is 5. The second kappa shape index (κ2) is 8.60. The van der Waals surface area contributed by atoms with Gasteiger partial charge in [-0.15, -0.1) is 11.3 Å². The lowest BCUT2D eigenvalue weighted by molar-refractivity contribution is -0.122. The zero-order chi connectivity index (χ0) is 17.6. The van der Waals surface area contributed by atoms with E-state index < -0.39 is 6.17 Å². The summed E-state index contributed by atoms with van der Waals surface area (Å²) in [6.45, 7) is 2.61. The van der Waals surface area contributed by atoms with Crippen molar-refractivity contribution in [2.75, 3.05) is 26.7 Å². The van der Waals surface area contributed by atoms with Crippen LogP contribution in [0.3, 0.4) is 0 Å². The van der Waals surface area contributed by atoms with Crippen molar-refractivity contribution >= 4 is 17.2 Å². The van der Waals surface area contributed by atoms with Crippen molar-refractivity contribution in [1.29, 1.82) is 0 Å². The van der Waals surface area contributed by atoms with Gasteiger partial charge in [0, 0.05) is 30.6 Å². The Labute approximate surface area is 151 Å². The standard InChI is InChI=1S/C18H24FN3O2S/c1-21(13-18(23)20-9-16-4-2-6-24-16)11-15-8-14(19)10-22(15)12-17-5-3-7-25-17/h2-7,14-15H,8-13H2,1H3,(H,20,23)/t14-,15-/m0/s1. The first-order chi connectivity index (χ1) is 12.1.